The summed E-state index contributed by atoms with van der Waals surface area (Å²) in [6, 6.07) is 6.51. The van der Waals surface area contributed by atoms with Gasteiger partial charge in [-0.1, -0.05) is 0 Å². The van der Waals surface area contributed by atoms with Crippen LogP contribution in [0, 0.1) is 0 Å². The number of carboxylic acids is 1. The number of aliphatic carboxylic acids is 1. The Kier molecular flexibility index (Phi) is 5.29. The van der Waals surface area contributed by atoms with Crippen LogP contribution in [-0.4, -0.2) is 37.4 Å². The monoisotopic (exact) mass is 239 g/mol. The number of nitrogens with one attached hydrogen (secondary N) is 1. The van der Waals surface area contributed by atoms with Crippen molar-refractivity contribution >= 4 is 11.7 Å². The minimum Gasteiger partial charge on any atom is -0.491 e. The highest BCUT2D eigenvalue weighted by Crippen LogP contribution is 2.16. The molecule has 2 N–H and O–H groups in total. The molecule has 1 unspecified atom stereocenters. The molecule has 0 spiro atoms. The number of methoxy groups -OCH3 is 1. The third-order valence-corrected chi connectivity index (χ3v) is 2.16. The van der Waals surface area contributed by atoms with Crippen molar-refractivity contribution in [3.05, 3.63) is 24.3 Å². The molecule has 0 aromatic heterocycles. The topological polar surface area (TPSA) is 67.8 Å². The van der Waals surface area contributed by atoms with Gasteiger partial charge in [-0.3, -0.25) is 4.79 Å². The zero-order chi connectivity index (χ0) is 12.7. The fourth-order valence-corrected chi connectivity index (χ4v) is 1.20. The molecule has 1 atom stereocenters. The van der Waals surface area contributed by atoms with Crippen LogP contribution in [0.4, 0.5) is 5.69 Å². The van der Waals surface area contributed by atoms with Gasteiger partial charge in [0.25, 0.3) is 0 Å². The maximum atomic E-state index is 10.6. The molecule has 0 radical (unpaired) electrons. The molecule has 1 aromatic rings. The summed E-state index contributed by atoms with van der Waals surface area (Å²) in [7, 11) is 1.61. The molecule has 5 heteroatoms. The van der Waals surface area contributed by atoms with E-state index >= 15 is 0 Å². The molecule has 0 aliphatic carbocycles. The third-order valence-electron chi connectivity index (χ3n) is 2.16. The van der Waals surface area contributed by atoms with E-state index in [0.717, 1.165) is 11.4 Å². The van der Waals surface area contributed by atoms with Gasteiger partial charge in [0.2, 0.25) is 0 Å². The zero-order valence-corrected chi connectivity index (χ0v) is 9.97. The Labute approximate surface area is 100 Å². The number of ether oxygens (including phenoxy) is 2. The van der Waals surface area contributed by atoms with E-state index in [1.54, 1.807) is 38.3 Å². The molecule has 1 aromatic carbocycles. The van der Waals surface area contributed by atoms with Crippen LogP contribution in [-0.2, 0) is 9.53 Å². The first-order valence-corrected chi connectivity index (χ1v) is 5.34. The number of carbonyl (C=O) groups is 1. The lowest BCUT2D eigenvalue weighted by Gasteiger charge is -2.11. The van der Waals surface area contributed by atoms with E-state index in [4.69, 9.17) is 14.6 Å². The van der Waals surface area contributed by atoms with Crippen LogP contribution in [0.1, 0.15) is 6.92 Å². The lowest BCUT2D eigenvalue weighted by molar-refractivity contribution is -0.137. The van der Waals surface area contributed by atoms with Crippen molar-refractivity contribution in [1.29, 1.82) is 0 Å². The lowest BCUT2D eigenvalue weighted by atomic mass is 10.2. The molecular formula is C12H17NO4. The third kappa shape index (κ3) is 4.74. The average molecular weight is 239 g/mol. The van der Waals surface area contributed by atoms with Gasteiger partial charge in [-0.2, -0.15) is 0 Å². The van der Waals surface area contributed by atoms with Gasteiger partial charge in [0.05, 0.1) is 6.61 Å². The molecule has 1 rings (SSSR count). The second-order valence-corrected chi connectivity index (χ2v) is 3.57. The van der Waals surface area contributed by atoms with Gasteiger partial charge in [0.1, 0.15) is 18.4 Å². The molecule has 0 amide bonds. The van der Waals surface area contributed by atoms with Crippen LogP contribution in [0.2, 0.25) is 0 Å². The molecule has 94 valence electrons. The molecule has 0 aliphatic heterocycles. The van der Waals surface area contributed by atoms with Crippen LogP contribution >= 0.6 is 0 Å². The molecule has 17 heavy (non-hydrogen) atoms. The van der Waals surface area contributed by atoms with E-state index in [2.05, 4.69) is 5.32 Å². The number of anilines is 1. The summed E-state index contributed by atoms with van der Waals surface area (Å²) in [4.78, 5) is 10.6. The van der Waals surface area contributed by atoms with E-state index in [-0.39, 0.29) is 0 Å². The fraction of sp³-hybridized carbons (Fsp3) is 0.417. The minimum atomic E-state index is -0.884. The van der Waals surface area contributed by atoms with Crippen molar-refractivity contribution in [2.45, 2.75) is 13.0 Å². The summed E-state index contributed by atoms with van der Waals surface area (Å²) in [5.74, 6) is -0.152. The number of carboxylic acid groups (broad SMARTS) is 1. The molecule has 0 fully saturated rings. The Morgan fingerprint density at radius 3 is 2.53 bits per heavy atom. The molecule has 0 saturated heterocycles. The summed E-state index contributed by atoms with van der Waals surface area (Å²) in [5.41, 5.74) is 0.749. The van der Waals surface area contributed by atoms with Crippen molar-refractivity contribution in [2.75, 3.05) is 25.6 Å². The first kappa shape index (κ1) is 13.3. The largest absolute Gasteiger partial charge is 0.491 e. The highest BCUT2D eigenvalue weighted by atomic mass is 16.5. The van der Waals surface area contributed by atoms with Crippen molar-refractivity contribution in [3.63, 3.8) is 0 Å². The molecule has 0 saturated carbocycles. The van der Waals surface area contributed by atoms with Gasteiger partial charge in [0, 0.05) is 12.8 Å². The van der Waals surface area contributed by atoms with Crippen LogP contribution in [0.5, 0.6) is 5.75 Å². The van der Waals surface area contributed by atoms with Crippen LogP contribution in [0.3, 0.4) is 0 Å². The SMILES string of the molecule is COCCOc1ccc(NC(C)C(=O)O)cc1. The van der Waals surface area contributed by atoms with Gasteiger partial charge < -0.3 is 19.9 Å². The maximum absolute atomic E-state index is 10.6. The first-order valence-electron chi connectivity index (χ1n) is 5.34. The van der Waals surface area contributed by atoms with E-state index in [1.807, 2.05) is 0 Å². The minimum absolute atomic E-state index is 0.495. The highest BCUT2D eigenvalue weighted by Gasteiger charge is 2.09. The molecule has 5 nitrogen and oxygen atoms in total. The van der Waals surface area contributed by atoms with Gasteiger partial charge in [0.15, 0.2) is 0 Å². The molecule has 0 heterocycles. The van der Waals surface area contributed by atoms with Crippen molar-refractivity contribution in [1.82, 2.24) is 0 Å². The molecule has 0 bridgehead atoms. The summed E-state index contributed by atoms with van der Waals surface area (Å²) in [6.07, 6.45) is 0. The fourth-order valence-electron chi connectivity index (χ4n) is 1.20. The van der Waals surface area contributed by atoms with E-state index in [9.17, 15) is 4.79 Å². The van der Waals surface area contributed by atoms with E-state index in [1.165, 1.54) is 0 Å². The van der Waals surface area contributed by atoms with Gasteiger partial charge in [-0.05, 0) is 31.2 Å². The second kappa shape index (κ2) is 6.75. The van der Waals surface area contributed by atoms with E-state index < -0.39 is 12.0 Å². The maximum Gasteiger partial charge on any atom is 0.325 e. The number of hydrogen-bond donors (Lipinski definition) is 2. The van der Waals surface area contributed by atoms with Crippen molar-refractivity contribution < 1.29 is 19.4 Å². The van der Waals surface area contributed by atoms with Crippen molar-refractivity contribution in [3.8, 4) is 5.75 Å². The zero-order valence-electron chi connectivity index (χ0n) is 9.97. The Bertz CT molecular complexity index is 350. The van der Waals surface area contributed by atoms with E-state index in [0.29, 0.717) is 13.2 Å². The van der Waals surface area contributed by atoms with Crippen LogP contribution in [0.25, 0.3) is 0 Å². The number of hydrogen-bond acceptors (Lipinski definition) is 4. The van der Waals surface area contributed by atoms with Gasteiger partial charge in [-0.15, -0.1) is 0 Å². The van der Waals surface area contributed by atoms with Crippen LogP contribution < -0.4 is 10.1 Å². The smallest absolute Gasteiger partial charge is 0.325 e. The normalized spacial score (nSPS) is 11.9. The molecule has 0 aliphatic rings. The highest BCUT2D eigenvalue weighted by molar-refractivity contribution is 5.76. The van der Waals surface area contributed by atoms with Gasteiger partial charge >= 0.3 is 5.97 Å². The Balaban J connectivity index is 2.47. The summed E-state index contributed by atoms with van der Waals surface area (Å²) in [5, 5.41) is 11.6. The quantitative estimate of drug-likeness (QED) is 0.707. The molecular weight excluding hydrogens is 222 g/mol. The summed E-state index contributed by atoms with van der Waals surface area (Å²) < 4.78 is 10.2. The Hall–Kier alpha value is -1.75. The second-order valence-electron chi connectivity index (χ2n) is 3.57. The van der Waals surface area contributed by atoms with Crippen LogP contribution in [0.15, 0.2) is 24.3 Å². The predicted octanol–water partition coefficient (Wildman–Crippen LogP) is 1.60. The average Bonchev–Trinajstić information content (AvgIpc) is 2.31. The Morgan fingerprint density at radius 1 is 1.35 bits per heavy atom. The lowest BCUT2D eigenvalue weighted by Crippen LogP contribution is -2.25. The number of benzene rings is 1. The summed E-state index contributed by atoms with van der Waals surface area (Å²) >= 11 is 0. The predicted molar refractivity (Wildman–Crippen MR) is 64.5 cm³/mol. The number of rotatable bonds is 7. The first-order chi connectivity index (χ1) is 8.13. The Morgan fingerprint density at radius 2 is 2.00 bits per heavy atom. The van der Waals surface area contributed by atoms with Gasteiger partial charge in [-0.25, -0.2) is 0 Å². The standard InChI is InChI=1S/C12H17NO4/c1-9(12(14)15)13-10-3-5-11(6-4-10)17-8-7-16-2/h3-6,9,13H,7-8H2,1-2H3,(H,14,15). The van der Waals surface area contributed by atoms with Crippen molar-refractivity contribution in [2.24, 2.45) is 0 Å². The summed E-state index contributed by atoms with van der Waals surface area (Å²) in [6.45, 7) is 2.62.